The number of hydrogen-bond acceptors (Lipinski definition) is 3. The molecule has 1 aromatic carbocycles. The van der Waals surface area contributed by atoms with Crippen LogP contribution in [0.2, 0.25) is 0 Å². The molecule has 0 aromatic heterocycles. The van der Waals surface area contributed by atoms with Crippen LogP contribution in [0.5, 0.6) is 0 Å². The Bertz CT molecular complexity index is 549. The summed E-state index contributed by atoms with van der Waals surface area (Å²) < 4.78 is 12.6. The monoisotopic (exact) mass is 285 g/mol. The minimum Gasteiger partial charge on any atom is -0.404 e. The van der Waals surface area contributed by atoms with Gasteiger partial charge in [0.15, 0.2) is 0 Å². The van der Waals surface area contributed by atoms with Gasteiger partial charge in [0.2, 0.25) is 0 Å². The molecule has 112 valence electrons. The van der Waals surface area contributed by atoms with Crippen molar-refractivity contribution >= 4 is 7.12 Å². The van der Waals surface area contributed by atoms with Crippen molar-refractivity contribution < 1.29 is 9.31 Å². The van der Waals surface area contributed by atoms with Crippen LogP contribution in [0.3, 0.4) is 0 Å². The largest absolute Gasteiger partial charge is 0.480 e. The highest BCUT2D eigenvalue weighted by Gasteiger charge is 2.68. The Balaban J connectivity index is 1.57. The second-order valence-corrected chi connectivity index (χ2v) is 7.77. The molecule has 3 saturated carbocycles. The number of nitrogens with two attached hydrogens (primary N) is 1. The van der Waals surface area contributed by atoms with Gasteiger partial charge < -0.3 is 15.0 Å². The predicted molar refractivity (Wildman–Crippen MR) is 83.5 cm³/mol. The topological polar surface area (TPSA) is 44.5 Å². The average molecular weight is 285 g/mol. The lowest BCUT2D eigenvalue weighted by Gasteiger charge is -2.64. The lowest BCUT2D eigenvalue weighted by molar-refractivity contribution is -0.199. The molecule has 21 heavy (non-hydrogen) atoms. The van der Waals surface area contributed by atoms with E-state index in [1.54, 1.807) is 0 Å². The Kier molecular flexibility index (Phi) is 2.85. The van der Waals surface area contributed by atoms with E-state index in [1.807, 2.05) is 30.3 Å². The first-order chi connectivity index (χ1) is 9.93. The van der Waals surface area contributed by atoms with Crippen LogP contribution in [0, 0.1) is 17.3 Å². The normalized spacial score (nSPS) is 41.3. The molecule has 1 saturated heterocycles. The summed E-state index contributed by atoms with van der Waals surface area (Å²) in [6, 6.07) is 10.1. The van der Waals surface area contributed by atoms with Crippen molar-refractivity contribution in [2.75, 3.05) is 0 Å². The molecule has 3 aliphatic carbocycles. The summed E-state index contributed by atoms with van der Waals surface area (Å²) in [5.74, 6) is 1.14. The van der Waals surface area contributed by atoms with E-state index in [-0.39, 0.29) is 24.8 Å². The van der Waals surface area contributed by atoms with Crippen LogP contribution in [-0.4, -0.2) is 18.8 Å². The lowest BCUT2D eigenvalue weighted by atomic mass is 9.43. The molecule has 4 fully saturated rings. The first kappa shape index (κ1) is 13.8. The highest BCUT2D eigenvalue weighted by Crippen LogP contribution is 2.65. The summed E-state index contributed by atoms with van der Waals surface area (Å²) in [5.41, 5.74) is 7.67. The molecule has 2 bridgehead atoms. The van der Waals surface area contributed by atoms with Gasteiger partial charge in [-0.05, 0) is 42.6 Å². The van der Waals surface area contributed by atoms with E-state index in [2.05, 4.69) is 20.8 Å². The summed E-state index contributed by atoms with van der Waals surface area (Å²) in [6.07, 6.45) is 2.59. The Morgan fingerprint density at radius 3 is 2.57 bits per heavy atom. The summed E-state index contributed by atoms with van der Waals surface area (Å²) in [4.78, 5) is 0. The second-order valence-electron chi connectivity index (χ2n) is 7.77. The lowest BCUT2D eigenvalue weighted by Crippen LogP contribution is -2.65. The van der Waals surface area contributed by atoms with Crippen LogP contribution in [0.1, 0.15) is 45.1 Å². The SMILES string of the molecule is CC1(C)[C@@H]2C[C@@H]3OB([C@H](N)c4ccccc4)O[C@@]3(C)[C@H]1C2. The maximum absolute atomic E-state index is 6.41. The van der Waals surface area contributed by atoms with Crippen LogP contribution in [0.25, 0.3) is 0 Å². The van der Waals surface area contributed by atoms with Crippen LogP contribution in [0.15, 0.2) is 30.3 Å². The zero-order valence-electron chi connectivity index (χ0n) is 13.1. The van der Waals surface area contributed by atoms with Crippen molar-refractivity contribution in [3.63, 3.8) is 0 Å². The zero-order chi connectivity index (χ0) is 14.8. The number of hydrogen-bond donors (Lipinski definition) is 1. The smallest absolute Gasteiger partial charge is 0.404 e. The Morgan fingerprint density at radius 1 is 1.19 bits per heavy atom. The quantitative estimate of drug-likeness (QED) is 0.850. The fourth-order valence-electron chi connectivity index (χ4n) is 4.88. The van der Waals surface area contributed by atoms with Crippen molar-refractivity contribution in [3.05, 3.63) is 35.9 Å². The number of benzene rings is 1. The van der Waals surface area contributed by atoms with Crippen LogP contribution in [0.4, 0.5) is 0 Å². The molecule has 0 unspecified atom stereocenters. The van der Waals surface area contributed by atoms with Crippen molar-refractivity contribution in [1.82, 2.24) is 0 Å². The van der Waals surface area contributed by atoms with Crippen LogP contribution < -0.4 is 5.73 Å². The first-order valence-electron chi connectivity index (χ1n) is 8.06. The van der Waals surface area contributed by atoms with Crippen molar-refractivity contribution in [2.24, 2.45) is 23.0 Å². The van der Waals surface area contributed by atoms with Gasteiger partial charge in [-0.3, -0.25) is 0 Å². The first-order valence-corrected chi connectivity index (χ1v) is 8.06. The van der Waals surface area contributed by atoms with Gasteiger partial charge >= 0.3 is 7.12 Å². The standard InChI is InChI=1S/C17H24BNO2/c1-16(2)12-9-13(16)17(3)14(10-12)20-18(21-17)15(19)11-7-5-4-6-8-11/h4-8,12-15H,9-10,19H2,1-3H3/t12-,13-,14-,15+,17-/m0/s1. The highest BCUT2D eigenvalue weighted by molar-refractivity contribution is 6.47. The molecule has 1 aromatic rings. The Labute approximate surface area is 127 Å². The van der Waals surface area contributed by atoms with Gasteiger partial charge in [-0.25, -0.2) is 0 Å². The Hall–Kier alpha value is -0.835. The van der Waals surface area contributed by atoms with Crippen molar-refractivity contribution in [1.29, 1.82) is 0 Å². The molecular weight excluding hydrogens is 261 g/mol. The van der Waals surface area contributed by atoms with Gasteiger partial charge in [0, 0.05) is 0 Å². The molecular formula is C17H24BNO2. The third-order valence-corrected chi connectivity index (χ3v) is 6.45. The van der Waals surface area contributed by atoms with E-state index in [0.29, 0.717) is 11.3 Å². The van der Waals surface area contributed by atoms with E-state index in [9.17, 15) is 0 Å². The minimum atomic E-state index is -0.322. The molecule has 3 nitrogen and oxygen atoms in total. The minimum absolute atomic E-state index is 0.171. The van der Waals surface area contributed by atoms with Crippen LogP contribution in [-0.2, 0) is 9.31 Å². The van der Waals surface area contributed by atoms with Crippen LogP contribution >= 0.6 is 0 Å². The van der Waals surface area contributed by atoms with E-state index < -0.39 is 0 Å². The van der Waals surface area contributed by atoms with Crippen molar-refractivity contribution in [2.45, 2.75) is 51.3 Å². The fraction of sp³-hybridized carbons (Fsp3) is 0.647. The molecule has 2 N–H and O–H groups in total. The molecule has 0 spiro atoms. The zero-order valence-corrected chi connectivity index (χ0v) is 13.1. The summed E-state index contributed by atoms with van der Waals surface area (Å²) >= 11 is 0. The maximum Gasteiger partial charge on any atom is 0.480 e. The van der Waals surface area contributed by atoms with Gasteiger partial charge in [-0.1, -0.05) is 44.2 Å². The molecule has 0 amide bonds. The van der Waals surface area contributed by atoms with Gasteiger partial charge in [0.05, 0.1) is 17.6 Å². The molecule has 5 rings (SSSR count). The highest BCUT2D eigenvalue weighted by atomic mass is 16.7. The van der Waals surface area contributed by atoms with E-state index in [0.717, 1.165) is 17.9 Å². The molecule has 0 radical (unpaired) electrons. The summed E-state index contributed by atoms with van der Waals surface area (Å²) in [5, 5.41) is 0. The third kappa shape index (κ3) is 1.79. The summed E-state index contributed by atoms with van der Waals surface area (Å²) in [7, 11) is -0.322. The molecule has 1 heterocycles. The average Bonchev–Trinajstić information content (AvgIpc) is 2.84. The van der Waals surface area contributed by atoms with Gasteiger partial charge in [-0.15, -0.1) is 0 Å². The second kappa shape index (κ2) is 4.34. The molecule has 5 atom stereocenters. The predicted octanol–water partition coefficient (Wildman–Crippen LogP) is 2.95. The Morgan fingerprint density at radius 2 is 1.90 bits per heavy atom. The van der Waals surface area contributed by atoms with E-state index >= 15 is 0 Å². The van der Waals surface area contributed by atoms with Crippen molar-refractivity contribution in [3.8, 4) is 0 Å². The molecule has 1 aliphatic heterocycles. The van der Waals surface area contributed by atoms with Gasteiger partial charge in [0.25, 0.3) is 0 Å². The van der Waals surface area contributed by atoms with E-state index in [4.69, 9.17) is 15.0 Å². The molecule has 4 aliphatic rings. The number of rotatable bonds is 2. The van der Waals surface area contributed by atoms with E-state index in [1.165, 1.54) is 6.42 Å². The summed E-state index contributed by atoms with van der Waals surface area (Å²) in [6.45, 7) is 6.99. The third-order valence-electron chi connectivity index (χ3n) is 6.45. The fourth-order valence-corrected chi connectivity index (χ4v) is 4.88. The van der Waals surface area contributed by atoms with Gasteiger partial charge in [-0.2, -0.15) is 0 Å². The van der Waals surface area contributed by atoms with Gasteiger partial charge in [0.1, 0.15) is 0 Å². The molecule has 4 heteroatoms. The maximum atomic E-state index is 6.41.